The van der Waals surface area contributed by atoms with Crippen LogP contribution in [0.4, 0.5) is 0 Å². The van der Waals surface area contributed by atoms with Crippen molar-refractivity contribution in [3.8, 4) is 0 Å². The highest BCUT2D eigenvalue weighted by Crippen LogP contribution is 2.25. The molecule has 17 atom stereocenters. The topological polar surface area (TPSA) is 562 Å². The second-order valence-electron chi connectivity index (χ2n) is 23.0. The standard InChI is InChI=1S/C60H107N7O33/c1-36(71)63-47-53(80)50(77)41(30-68)98-58(47)95-27-24-89-15-12-86-18-21-92-33-44(74)61-10-6-4-8-39(66-46(76)35-94-23-20-88-14-17-91-26-29-97-60-49(65-38(3)73)55(82)52(79)43(32-70)100-60)56(83)67-40(57(84)85)9-5-7-11-62-45(75)34-93-22-19-87-13-16-90-25-28-96-59-48(64-37(2)72)54(81)51(78)42(31-69)99-59/h39-43,47-55,58-60,68-70,77-82H,4-35H2,1-3H3,(H,61,74)(H,62,75)(H,63,71)(H,64,72)(H,65,73)(H,66,76)(H,67,83)(H,84,85)/t39-,40?,41+,42+,43+,47+,48+,49+,50-,51-,52-,53+,54+,55+,58+,59+,60+/m0/s1. The molecular formula is C60H107N7O33. The van der Waals surface area contributed by atoms with Crippen molar-refractivity contribution in [2.24, 2.45) is 0 Å². The Morgan fingerprint density at radius 3 is 0.930 bits per heavy atom. The molecule has 3 aliphatic heterocycles. The fourth-order valence-corrected chi connectivity index (χ4v) is 9.86. The van der Waals surface area contributed by atoms with Crippen LogP contribution in [-0.4, -0.2) is 374 Å². The molecule has 40 heteroatoms. The third-order valence-corrected chi connectivity index (χ3v) is 15.0. The van der Waals surface area contributed by atoms with E-state index in [-0.39, 0.29) is 171 Å². The lowest BCUT2D eigenvalue weighted by Gasteiger charge is -2.42. The van der Waals surface area contributed by atoms with E-state index in [2.05, 4.69) is 37.2 Å². The summed E-state index contributed by atoms with van der Waals surface area (Å²) in [5.41, 5.74) is 0. The van der Waals surface area contributed by atoms with Gasteiger partial charge in [-0.2, -0.15) is 0 Å². The number of nitrogens with one attached hydrogen (secondary N) is 7. The zero-order valence-electron chi connectivity index (χ0n) is 56.8. The number of unbranched alkanes of at least 4 members (excludes halogenated alkanes) is 2. The van der Waals surface area contributed by atoms with Gasteiger partial charge in [-0.1, -0.05) is 0 Å². The Morgan fingerprint density at radius 2 is 0.640 bits per heavy atom. The zero-order chi connectivity index (χ0) is 73.6. The van der Waals surface area contributed by atoms with Gasteiger partial charge in [0, 0.05) is 33.9 Å². The summed E-state index contributed by atoms with van der Waals surface area (Å²) < 4.78 is 82.2. The van der Waals surface area contributed by atoms with E-state index in [0.29, 0.717) is 12.8 Å². The van der Waals surface area contributed by atoms with Gasteiger partial charge in [-0.05, 0) is 38.5 Å². The average Bonchev–Trinajstić information content (AvgIpc) is 0.824. The molecule has 100 heavy (non-hydrogen) atoms. The molecule has 0 radical (unpaired) electrons. The number of aliphatic hydroxyl groups excluding tert-OH is 9. The molecule has 3 saturated heterocycles. The minimum atomic E-state index is -1.47. The molecule has 3 rings (SSSR count). The van der Waals surface area contributed by atoms with Crippen molar-refractivity contribution >= 4 is 47.3 Å². The summed E-state index contributed by atoms with van der Waals surface area (Å²) >= 11 is 0. The smallest absolute Gasteiger partial charge is 0.326 e. The van der Waals surface area contributed by atoms with Gasteiger partial charge in [-0.25, -0.2) is 4.79 Å². The first-order chi connectivity index (χ1) is 48.0. The molecule has 0 aromatic rings. The van der Waals surface area contributed by atoms with E-state index in [9.17, 15) is 89.4 Å². The quantitative estimate of drug-likeness (QED) is 0.0252. The van der Waals surface area contributed by atoms with Gasteiger partial charge in [0.2, 0.25) is 41.4 Å². The lowest BCUT2D eigenvalue weighted by atomic mass is 9.97. The Kier molecular flexibility index (Phi) is 46.9. The van der Waals surface area contributed by atoms with Crippen LogP contribution >= 0.6 is 0 Å². The molecule has 3 aliphatic rings. The molecule has 0 saturated carbocycles. The predicted octanol–water partition coefficient (Wildman–Crippen LogP) is -9.36. The van der Waals surface area contributed by atoms with Gasteiger partial charge in [0.25, 0.3) is 0 Å². The number of carboxylic acids is 1. The van der Waals surface area contributed by atoms with E-state index in [1.54, 1.807) is 0 Å². The Bertz CT molecular complexity index is 2310. The summed E-state index contributed by atoms with van der Waals surface area (Å²) in [5, 5.41) is 118. The Labute approximate surface area is 578 Å². The molecule has 0 spiro atoms. The van der Waals surface area contributed by atoms with Gasteiger partial charge in [-0.3, -0.25) is 33.6 Å². The number of rotatable bonds is 56. The molecule has 40 nitrogen and oxygen atoms in total. The highest BCUT2D eigenvalue weighted by Gasteiger charge is 2.48. The van der Waals surface area contributed by atoms with Crippen LogP contribution in [0.2, 0.25) is 0 Å². The van der Waals surface area contributed by atoms with Crippen molar-refractivity contribution in [2.45, 2.75) is 163 Å². The van der Waals surface area contributed by atoms with Gasteiger partial charge >= 0.3 is 5.97 Å². The van der Waals surface area contributed by atoms with Crippen LogP contribution in [0.15, 0.2) is 0 Å². The second kappa shape index (κ2) is 52.7. The number of carboxylic acid groups (broad SMARTS) is 1. The van der Waals surface area contributed by atoms with Crippen LogP contribution in [0.25, 0.3) is 0 Å². The number of aliphatic hydroxyl groups is 9. The lowest BCUT2D eigenvalue weighted by molar-refractivity contribution is -0.272. The second-order valence-corrected chi connectivity index (χ2v) is 23.0. The monoisotopic (exact) mass is 1450 g/mol. The molecule has 0 aromatic heterocycles. The van der Waals surface area contributed by atoms with E-state index >= 15 is 0 Å². The summed E-state index contributed by atoms with van der Waals surface area (Å²) in [6.45, 7) is 2.54. The normalized spacial score (nSPS) is 25.8. The van der Waals surface area contributed by atoms with Crippen molar-refractivity contribution in [1.29, 1.82) is 0 Å². The Balaban J connectivity index is 1.34. The number of hydrogen-bond donors (Lipinski definition) is 17. The summed E-state index contributed by atoms with van der Waals surface area (Å²) in [4.78, 5) is 98.8. The minimum Gasteiger partial charge on any atom is -0.480 e. The number of carbonyl (C=O) groups is 8. The SMILES string of the molecule is CC(=O)N[C@H]1[C@H](OCCOCCOCCOCC(=O)NCCCCC(NC(=O)[C@H](CCCCNC(=O)COCCOCCOCCO[C@@H]2O[C@H](CO)[C@H](O)[C@H](O)[C@H]2NC(C)=O)NC(=O)COCCOCCOCCO[C@@H]2O[C@H](CO)[C@H](O)[C@H](O)[C@H]2NC(C)=O)C(=O)O)O[C@H](CO)[C@H](O)[C@@H]1O. The van der Waals surface area contributed by atoms with Crippen LogP contribution in [-0.2, 0) is 109 Å². The summed E-state index contributed by atoms with van der Waals surface area (Å²) in [7, 11) is 0. The largest absolute Gasteiger partial charge is 0.480 e. The molecule has 0 bridgehead atoms. The van der Waals surface area contributed by atoms with Crippen LogP contribution in [0, 0.1) is 0 Å². The van der Waals surface area contributed by atoms with Gasteiger partial charge in [-0.15, -0.1) is 0 Å². The molecule has 580 valence electrons. The first-order valence-corrected chi connectivity index (χ1v) is 33.1. The highest BCUT2D eigenvalue weighted by atomic mass is 16.7. The van der Waals surface area contributed by atoms with E-state index in [1.807, 2.05) is 0 Å². The van der Waals surface area contributed by atoms with E-state index in [4.69, 9.17) is 71.1 Å². The molecule has 0 aromatic carbocycles. The maximum Gasteiger partial charge on any atom is 0.326 e. The Morgan fingerprint density at radius 1 is 0.360 bits per heavy atom. The van der Waals surface area contributed by atoms with Crippen LogP contribution in [0.5, 0.6) is 0 Å². The predicted molar refractivity (Wildman–Crippen MR) is 337 cm³/mol. The van der Waals surface area contributed by atoms with Crippen LogP contribution in [0.3, 0.4) is 0 Å². The molecule has 1 unspecified atom stereocenters. The maximum absolute atomic E-state index is 13.6. The van der Waals surface area contributed by atoms with Gasteiger partial charge < -0.3 is 159 Å². The summed E-state index contributed by atoms with van der Waals surface area (Å²) in [5.74, 6) is -5.18. The number of carbonyl (C=O) groups excluding carboxylic acids is 7. The molecular weight excluding hydrogens is 1350 g/mol. The molecule has 3 heterocycles. The third kappa shape index (κ3) is 36.3. The summed E-state index contributed by atoms with van der Waals surface area (Å²) in [6, 6.07) is -5.87. The zero-order valence-corrected chi connectivity index (χ0v) is 56.8. The number of aliphatic carboxylic acids is 1. The fourth-order valence-electron chi connectivity index (χ4n) is 9.86. The molecule has 7 amide bonds. The first kappa shape index (κ1) is 89.0. The number of hydrogen-bond acceptors (Lipinski definition) is 32. The van der Waals surface area contributed by atoms with Crippen molar-refractivity contribution in [1.82, 2.24) is 37.2 Å². The van der Waals surface area contributed by atoms with E-state index < -0.39 is 178 Å². The Hall–Kier alpha value is -5.20. The van der Waals surface area contributed by atoms with Crippen molar-refractivity contribution in [2.75, 3.05) is 172 Å². The fraction of sp³-hybridized carbons (Fsp3) is 0.867. The van der Waals surface area contributed by atoms with Crippen molar-refractivity contribution in [3.63, 3.8) is 0 Å². The van der Waals surface area contributed by atoms with E-state index in [1.165, 1.54) is 20.8 Å². The minimum absolute atomic E-state index is 0.0161. The van der Waals surface area contributed by atoms with E-state index in [0.717, 1.165) is 0 Å². The average molecular weight is 1450 g/mol. The maximum atomic E-state index is 13.6. The van der Waals surface area contributed by atoms with Crippen molar-refractivity contribution in [3.05, 3.63) is 0 Å². The summed E-state index contributed by atoms with van der Waals surface area (Å²) in [6.07, 6.45) is -14.4. The molecule has 3 fully saturated rings. The van der Waals surface area contributed by atoms with Crippen molar-refractivity contribution < 1.29 is 160 Å². The first-order valence-electron chi connectivity index (χ1n) is 33.1. The van der Waals surface area contributed by atoms with Gasteiger partial charge in [0.05, 0.1) is 139 Å². The van der Waals surface area contributed by atoms with Gasteiger partial charge in [0.15, 0.2) is 18.9 Å². The van der Waals surface area contributed by atoms with Gasteiger partial charge in [0.1, 0.15) is 105 Å². The number of amides is 7. The lowest BCUT2D eigenvalue weighted by Crippen LogP contribution is -2.64. The molecule has 17 N–H and O–H groups in total. The third-order valence-electron chi connectivity index (χ3n) is 15.0. The number of ether oxygens (including phenoxy) is 15. The highest BCUT2D eigenvalue weighted by molar-refractivity contribution is 5.90. The van der Waals surface area contributed by atoms with Crippen LogP contribution < -0.4 is 37.2 Å². The molecule has 0 aliphatic carbocycles. The van der Waals surface area contributed by atoms with Crippen LogP contribution in [0.1, 0.15) is 59.3 Å².